The van der Waals surface area contributed by atoms with Crippen molar-refractivity contribution in [2.24, 2.45) is 0 Å². The van der Waals surface area contributed by atoms with E-state index in [1.54, 1.807) is 10.8 Å². The highest BCUT2D eigenvalue weighted by molar-refractivity contribution is 5.58. The molecule has 1 N–H and O–H groups in total. The van der Waals surface area contributed by atoms with Crippen molar-refractivity contribution in [1.29, 1.82) is 0 Å². The largest absolute Gasteiger partial charge is 0.379 e. The summed E-state index contributed by atoms with van der Waals surface area (Å²) in [5.41, 5.74) is 2.53. The average molecular weight is 355 g/mol. The van der Waals surface area contributed by atoms with Crippen LogP contribution in [-0.4, -0.2) is 50.9 Å². The molecular weight excluding hydrogens is 334 g/mol. The van der Waals surface area contributed by atoms with E-state index in [4.69, 9.17) is 9.26 Å². The van der Waals surface area contributed by atoms with Gasteiger partial charge in [-0.3, -0.25) is 9.47 Å². The Kier molecular flexibility index (Phi) is 4.68. The van der Waals surface area contributed by atoms with Crippen LogP contribution in [0.4, 0.5) is 0 Å². The maximum atomic E-state index is 11.7. The van der Waals surface area contributed by atoms with E-state index >= 15 is 0 Å². The first-order valence-corrected chi connectivity index (χ1v) is 8.76. The molecule has 1 aliphatic rings. The lowest BCUT2D eigenvalue weighted by Crippen LogP contribution is -2.35. The van der Waals surface area contributed by atoms with Crippen molar-refractivity contribution in [3.05, 3.63) is 46.5 Å². The summed E-state index contributed by atoms with van der Waals surface area (Å²) >= 11 is 0. The number of aromatic nitrogens is 4. The smallest absolute Gasteiger partial charge is 0.326 e. The molecule has 0 radical (unpaired) electrons. The van der Waals surface area contributed by atoms with E-state index in [9.17, 15) is 4.79 Å². The predicted molar refractivity (Wildman–Crippen MR) is 95.6 cm³/mol. The number of nitrogens with zero attached hydrogens (tertiary/aromatic N) is 4. The van der Waals surface area contributed by atoms with Gasteiger partial charge in [-0.05, 0) is 12.5 Å². The van der Waals surface area contributed by atoms with Gasteiger partial charge < -0.3 is 14.2 Å². The maximum Gasteiger partial charge on any atom is 0.326 e. The second kappa shape index (κ2) is 7.27. The van der Waals surface area contributed by atoms with Crippen LogP contribution >= 0.6 is 0 Å². The van der Waals surface area contributed by atoms with Gasteiger partial charge in [0.1, 0.15) is 5.69 Å². The number of ether oxygens (including phenoxy) is 1. The third-order valence-corrected chi connectivity index (χ3v) is 4.55. The van der Waals surface area contributed by atoms with Crippen LogP contribution < -0.4 is 5.69 Å². The van der Waals surface area contributed by atoms with Crippen molar-refractivity contribution in [3.8, 4) is 23.0 Å². The Hall–Kier alpha value is -2.71. The Morgan fingerprint density at radius 3 is 2.69 bits per heavy atom. The van der Waals surface area contributed by atoms with Crippen molar-refractivity contribution in [3.63, 3.8) is 0 Å². The fourth-order valence-electron chi connectivity index (χ4n) is 3.11. The number of hydrogen-bond acceptors (Lipinski definition) is 6. The van der Waals surface area contributed by atoms with Crippen molar-refractivity contribution in [2.75, 3.05) is 26.3 Å². The molecule has 8 nitrogen and oxygen atoms in total. The molecule has 0 spiro atoms. The maximum absolute atomic E-state index is 11.7. The minimum atomic E-state index is -0.185. The number of H-pyrrole nitrogens is 1. The quantitative estimate of drug-likeness (QED) is 0.750. The van der Waals surface area contributed by atoms with Crippen LogP contribution in [-0.2, 0) is 17.8 Å². The van der Waals surface area contributed by atoms with Gasteiger partial charge in [0.15, 0.2) is 0 Å². The van der Waals surface area contributed by atoms with E-state index in [2.05, 4.69) is 32.2 Å². The molecule has 8 heteroatoms. The normalized spacial score (nSPS) is 15.4. The van der Waals surface area contributed by atoms with Crippen LogP contribution in [0.1, 0.15) is 12.5 Å². The summed E-state index contributed by atoms with van der Waals surface area (Å²) in [5.74, 6) is 0.840. The highest BCUT2D eigenvalue weighted by atomic mass is 16.5. The second-order valence-electron chi connectivity index (χ2n) is 6.23. The van der Waals surface area contributed by atoms with Crippen molar-refractivity contribution >= 4 is 0 Å². The van der Waals surface area contributed by atoms with Crippen LogP contribution in [0, 0.1) is 0 Å². The first-order valence-electron chi connectivity index (χ1n) is 8.76. The molecule has 136 valence electrons. The van der Waals surface area contributed by atoms with Crippen LogP contribution in [0.3, 0.4) is 0 Å². The summed E-state index contributed by atoms with van der Waals surface area (Å²) < 4.78 is 12.3. The fraction of sp³-hybridized carbons (Fsp3) is 0.389. The number of benzene rings is 1. The molecule has 0 saturated carbocycles. The average Bonchev–Trinajstić information content (AvgIpc) is 3.29. The van der Waals surface area contributed by atoms with E-state index in [1.807, 2.05) is 19.1 Å². The number of morpholine rings is 1. The predicted octanol–water partition coefficient (Wildman–Crippen LogP) is 1.75. The monoisotopic (exact) mass is 355 g/mol. The Morgan fingerprint density at radius 2 is 1.96 bits per heavy atom. The van der Waals surface area contributed by atoms with Gasteiger partial charge in [-0.25, -0.2) is 4.79 Å². The van der Waals surface area contributed by atoms with E-state index in [0.29, 0.717) is 24.0 Å². The summed E-state index contributed by atoms with van der Waals surface area (Å²) in [4.78, 5) is 21.2. The van der Waals surface area contributed by atoms with Crippen LogP contribution in [0.25, 0.3) is 23.0 Å². The zero-order chi connectivity index (χ0) is 17.9. The Labute approximate surface area is 150 Å². The molecule has 0 unspecified atom stereocenters. The van der Waals surface area contributed by atoms with Gasteiger partial charge >= 0.3 is 5.69 Å². The number of hydrogen-bond donors (Lipinski definition) is 1. The Bertz CT molecular complexity index is 919. The molecule has 3 aromatic rings. The van der Waals surface area contributed by atoms with Gasteiger partial charge in [0, 0.05) is 37.9 Å². The summed E-state index contributed by atoms with van der Waals surface area (Å²) in [6, 6.07) is 8.15. The van der Waals surface area contributed by atoms with E-state index in [-0.39, 0.29) is 5.69 Å². The lowest BCUT2D eigenvalue weighted by atomic mass is 10.1. The lowest BCUT2D eigenvalue weighted by molar-refractivity contribution is 0.0342. The lowest BCUT2D eigenvalue weighted by Gasteiger charge is -2.26. The standard InChI is InChI=1S/C18H21N5O3/c1-2-23-15(11-19-18(23)24)17-20-16(21-26-17)14-5-3-13(4-6-14)12-22-7-9-25-10-8-22/h3-6,11H,2,7-10,12H2,1H3,(H,19,24). The third-order valence-electron chi connectivity index (χ3n) is 4.55. The molecule has 0 atom stereocenters. The first-order chi connectivity index (χ1) is 12.7. The van der Waals surface area contributed by atoms with Crippen LogP contribution in [0.5, 0.6) is 0 Å². The molecule has 2 aromatic heterocycles. The van der Waals surface area contributed by atoms with Gasteiger partial charge in [-0.15, -0.1) is 0 Å². The minimum absolute atomic E-state index is 0.185. The molecule has 3 heterocycles. The zero-order valence-corrected chi connectivity index (χ0v) is 14.6. The van der Waals surface area contributed by atoms with Crippen molar-refractivity contribution in [2.45, 2.75) is 20.0 Å². The second-order valence-corrected chi connectivity index (χ2v) is 6.23. The molecule has 0 aliphatic carbocycles. The van der Waals surface area contributed by atoms with Crippen LogP contribution in [0.15, 0.2) is 39.8 Å². The molecule has 4 rings (SSSR count). The number of aromatic amines is 1. The van der Waals surface area contributed by atoms with Crippen molar-refractivity contribution in [1.82, 2.24) is 24.6 Å². The summed E-state index contributed by atoms with van der Waals surface area (Å²) in [6.07, 6.45) is 1.59. The van der Waals surface area contributed by atoms with Gasteiger partial charge in [-0.2, -0.15) is 4.98 Å². The topological polar surface area (TPSA) is 89.2 Å². The van der Waals surface area contributed by atoms with Gasteiger partial charge in [0.2, 0.25) is 5.82 Å². The summed E-state index contributed by atoms with van der Waals surface area (Å²) in [5, 5.41) is 4.05. The fourth-order valence-corrected chi connectivity index (χ4v) is 3.11. The van der Waals surface area contributed by atoms with E-state index in [0.717, 1.165) is 38.4 Å². The SMILES string of the molecule is CCn1c(-c2nc(-c3ccc(CN4CCOCC4)cc3)no2)c[nH]c1=O. The number of nitrogens with one attached hydrogen (secondary N) is 1. The van der Waals surface area contributed by atoms with Gasteiger partial charge in [0.25, 0.3) is 5.89 Å². The highest BCUT2D eigenvalue weighted by Gasteiger charge is 2.16. The van der Waals surface area contributed by atoms with Gasteiger partial charge in [0.05, 0.1) is 13.2 Å². The third kappa shape index (κ3) is 3.33. The molecule has 1 saturated heterocycles. The molecule has 1 aliphatic heterocycles. The Morgan fingerprint density at radius 1 is 1.19 bits per heavy atom. The molecule has 26 heavy (non-hydrogen) atoms. The molecule has 1 fully saturated rings. The first kappa shape index (κ1) is 16.7. The number of rotatable bonds is 5. The molecule has 0 amide bonds. The van der Waals surface area contributed by atoms with E-state index < -0.39 is 0 Å². The highest BCUT2D eigenvalue weighted by Crippen LogP contribution is 2.22. The van der Waals surface area contributed by atoms with Gasteiger partial charge in [-0.1, -0.05) is 29.4 Å². The zero-order valence-electron chi connectivity index (χ0n) is 14.6. The Balaban J connectivity index is 1.51. The number of imidazole rings is 1. The molecule has 1 aromatic carbocycles. The summed E-state index contributed by atoms with van der Waals surface area (Å²) in [6.45, 7) is 6.86. The van der Waals surface area contributed by atoms with Crippen molar-refractivity contribution < 1.29 is 9.26 Å². The molecular formula is C18H21N5O3. The summed E-state index contributed by atoms with van der Waals surface area (Å²) in [7, 11) is 0. The van der Waals surface area contributed by atoms with Crippen LogP contribution in [0.2, 0.25) is 0 Å². The molecule has 0 bridgehead atoms. The minimum Gasteiger partial charge on any atom is -0.379 e. The van der Waals surface area contributed by atoms with E-state index in [1.165, 1.54) is 5.56 Å².